The minimum Gasteiger partial charge on any atom is -0.481 e. The Balaban J connectivity index is 1.20. The Bertz CT molecular complexity index is 1360. The molecule has 0 spiro atoms. The molecule has 6 heterocycles. The normalized spacial score (nSPS) is 21.6. The summed E-state index contributed by atoms with van der Waals surface area (Å²) in [6.45, 7) is 5.10. The Kier molecular flexibility index (Phi) is 7.21. The van der Waals surface area contributed by atoms with Crippen LogP contribution in [0.5, 0.6) is 0 Å². The predicted molar refractivity (Wildman–Crippen MR) is 152 cm³/mol. The molecule has 38 heavy (non-hydrogen) atoms. The highest BCUT2D eigenvalue weighted by Gasteiger charge is 2.38. The maximum atomic E-state index is 13.2. The Morgan fingerprint density at radius 1 is 1.11 bits per heavy atom. The zero-order chi connectivity index (χ0) is 26.4. The van der Waals surface area contributed by atoms with Gasteiger partial charge >= 0.3 is 5.97 Å². The number of thiophene rings is 1. The third kappa shape index (κ3) is 5.10. The number of hydrogen-bond acceptors (Lipinski definition) is 9. The molecule has 2 unspecified atom stereocenters. The number of aliphatic carboxylic acids is 1. The van der Waals surface area contributed by atoms with Gasteiger partial charge in [0, 0.05) is 50.8 Å². The summed E-state index contributed by atoms with van der Waals surface area (Å²) in [4.78, 5) is 39.0. The second-order valence-corrected chi connectivity index (χ2v) is 12.7. The van der Waals surface area contributed by atoms with Crippen molar-refractivity contribution in [1.82, 2.24) is 15.3 Å². The molecule has 200 valence electrons. The molecule has 13 heteroatoms. The van der Waals surface area contributed by atoms with E-state index in [-0.39, 0.29) is 11.8 Å². The van der Waals surface area contributed by atoms with E-state index in [4.69, 9.17) is 28.2 Å². The van der Waals surface area contributed by atoms with Crippen molar-refractivity contribution in [2.45, 2.75) is 12.8 Å². The van der Waals surface area contributed by atoms with Gasteiger partial charge in [-0.25, -0.2) is 9.97 Å². The van der Waals surface area contributed by atoms with Crippen molar-refractivity contribution < 1.29 is 14.7 Å². The Morgan fingerprint density at radius 2 is 1.84 bits per heavy atom. The van der Waals surface area contributed by atoms with Crippen molar-refractivity contribution in [3.05, 3.63) is 39.3 Å². The second-order valence-electron chi connectivity index (χ2n) is 9.97. The number of anilines is 3. The number of fused-ring (bicyclic) bond motifs is 1. The van der Waals surface area contributed by atoms with Crippen LogP contribution in [0.1, 0.15) is 23.2 Å². The largest absolute Gasteiger partial charge is 0.481 e. The highest BCUT2D eigenvalue weighted by molar-refractivity contribution is 7.21. The van der Waals surface area contributed by atoms with E-state index in [0.717, 1.165) is 41.8 Å². The fourth-order valence-corrected chi connectivity index (χ4v) is 7.90. The van der Waals surface area contributed by atoms with Gasteiger partial charge in [-0.2, -0.15) is 0 Å². The number of piperidine rings is 1. The van der Waals surface area contributed by atoms with Gasteiger partial charge in [-0.05, 0) is 36.8 Å². The summed E-state index contributed by atoms with van der Waals surface area (Å²) >= 11 is 15.7. The fraction of sp³-hybridized carbons (Fsp3) is 0.440. The van der Waals surface area contributed by atoms with Crippen molar-refractivity contribution in [3.63, 3.8) is 0 Å². The van der Waals surface area contributed by atoms with Crippen LogP contribution in [0.15, 0.2) is 23.7 Å². The fourth-order valence-electron chi connectivity index (χ4n) is 5.49. The zero-order valence-corrected chi connectivity index (χ0v) is 23.5. The van der Waals surface area contributed by atoms with Crippen LogP contribution >= 0.6 is 45.9 Å². The molecule has 3 aliphatic rings. The van der Waals surface area contributed by atoms with Gasteiger partial charge in [0.1, 0.15) is 16.5 Å². The first kappa shape index (κ1) is 25.8. The number of hydrogen-bond donors (Lipinski definition) is 3. The predicted octanol–water partition coefficient (Wildman–Crippen LogP) is 4.78. The van der Waals surface area contributed by atoms with Crippen molar-refractivity contribution in [1.29, 1.82) is 0 Å². The third-order valence-electron chi connectivity index (χ3n) is 7.53. The summed E-state index contributed by atoms with van der Waals surface area (Å²) < 4.78 is 0. The number of halogens is 2. The van der Waals surface area contributed by atoms with Gasteiger partial charge < -0.3 is 20.2 Å². The number of rotatable bonds is 6. The second kappa shape index (κ2) is 10.6. The van der Waals surface area contributed by atoms with Crippen LogP contribution in [0.2, 0.25) is 10.0 Å². The molecule has 0 aliphatic carbocycles. The van der Waals surface area contributed by atoms with Crippen LogP contribution in [0, 0.1) is 17.8 Å². The summed E-state index contributed by atoms with van der Waals surface area (Å²) in [7, 11) is 0. The van der Waals surface area contributed by atoms with Crippen molar-refractivity contribution in [3.8, 4) is 10.6 Å². The number of carboxylic acid groups (broad SMARTS) is 1. The van der Waals surface area contributed by atoms with Gasteiger partial charge in [0.05, 0.1) is 26.4 Å². The molecule has 3 saturated heterocycles. The van der Waals surface area contributed by atoms with Gasteiger partial charge in [-0.3, -0.25) is 14.9 Å². The van der Waals surface area contributed by atoms with Crippen LogP contribution in [-0.2, 0) is 4.79 Å². The maximum Gasteiger partial charge on any atom is 0.306 e. The number of pyridine rings is 1. The van der Waals surface area contributed by atoms with Crippen LogP contribution < -0.4 is 20.4 Å². The van der Waals surface area contributed by atoms with E-state index in [1.54, 1.807) is 17.4 Å². The lowest BCUT2D eigenvalue weighted by atomic mass is 9.97. The Hall–Kier alpha value is -2.44. The lowest BCUT2D eigenvalue weighted by Gasteiger charge is -2.31. The molecule has 0 aromatic carbocycles. The first-order valence-electron chi connectivity index (χ1n) is 12.5. The van der Waals surface area contributed by atoms with Crippen LogP contribution in [0.25, 0.3) is 10.6 Å². The summed E-state index contributed by atoms with van der Waals surface area (Å²) in [6.07, 6.45) is 2.58. The first-order valence-corrected chi connectivity index (χ1v) is 15.0. The standard InChI is InChI=1S/C25H26Cl2N6O3S2/c26-17-6-19(37-12-17)20-23(33-10-15-7-28-8-16(15)11-33)38-25(30-20)31-22(34)14-5-18(27)21(29-9-14)32-3-1-13(2-4-32)24(35)36/h5-6,9,12-13,15-16,28H,1-4,7-8,10-11H2,(H,35,36)(H,30,31,34). The molecule has 0 saturated carbocycles. The topological polar surface area (TPSA) is 111 Å². The Morgan fingerprint density at radius 3 is 2.47 bits per heavy atom. The van der Waals surface area contributed by atoms with E-state index in [0.29, 0.717) is 64.3 Å². The first-order chi connectivity index (χ1) is 18.4. The molecule has 9 nitrogen and oxygen atoms in total. The number of nitrogens with one attached hydrogen (secondary N) is 2. The van der Waals surface area contributed by atoms with E-state index in [9.17, 15) is 14.7 Å². The van der Waals surface area contributed by atoms with Crippen molar-refractivity contribution in [2.24, 2.45) is 17.8 Å². The lowest BCUT2D eigenvalue weighted by molar-refractivity contribution is -0.142. The van der Waals surface area contributed by atoms with Crippen LogP contribution in [0.3, 0.4) is 0 Å². The van der Waals surface area contributed by atoms with Crippen molar-refractivity contribution in [2.75, 3.05) is 54.4 Å². The van der Waals surface area contributed by atoms with Crippen LogP contribution in [-0.4, -0.2) is 66.2 Å². The zero-order valence-electron chi connectivity index (χ0n) is 20.3. The molecule has 3 aromatic rings. The monoisotopic (exact) mass is 592 g/mol. The van der Waals surface area contributed by atoms with Crippen LogP contribution in [0.4, 0.5) is 16.0 Å². The molecular formula is C25H26Cl2N6O3S2. The summed E-state index contributed by atoms with van der Waals surface area (Å²) in [5, 5.41) is 20.1. The number of thiazole rings is 1. The number of aromatic nitrogens is 2. The minimum atomic E-state index is -0.768. The van der Waals surface area contributed by atoms with E-state index >= 15 is 0 Å². The molecular weight excluding hydrogens is 567 g/mol. The molecule has 1 amide bonds. The minimum absolute atomic E-state index is 0.332. The summed E-state index contributed by atoms with van der Waals surface area (Å²) in [5.74, 6) is 0.359. The number of carbonyl (C=O) groups is 2. The van der Waals surface area contributed by atoms with Crippen molar-refractivity contribution >= 4 is 73.7 Å². The molecule has 0 bridgehead atoms. The molecule has 3 N–H and O–H groups in total. The maximum absolute atomic E-state index is 13.2. The Labute approximate surface area is 237 Å². The average Bonchev–Trinajstić information content (AvgIpc) is 3.68. The van der Waals surface area contributed by atoms with Gasteiger partial charge in [0.2, 0.25) is 0 Å². The SMILES string of the molecule is O=C(Nc1nc(-c2cc(Cl)cs2)c(N2CC3CNCC3C2)s1)c1cnc(N2CCC(C(=O)O)CC2)c(Cl)c1. The highest BCUT2D eigenvalue weighted by Crippen LogP contribution is 2.44. The molecule has 2 atom stereocenters. The highest BCUT2D eigenvalue weighted by atomic mass is 35.5. The van der Waals surface area contributed by atoms with E-state index < -0.39 is 5.97 Å². The number of carboxylic acids is 1. The number of amides is 1. The van der Waals surface area contributed by atoms with Gasteiger partial charge in [0.15, 0.2) is 5.13 Å². The molecule has 3 aliphatic heterocycles. The smallest absolute Gasteiger partial charge is 0.306 e. The van der Waals surface area contributed by atoms with E-state index in [1.807, 2.05) is 16.3 Å². The molecule has 0 radical (unpaired) electrons. The third-order valence-corrected chi connectivity index (χ3v) is 10.1. The lowest BCUT2D eigenvalue weighted by Crippen LogP contribution is -2.37. The summed E-state index contributed by atoms with van der Waals surface area (Å²) in [6, 6.07) is 3.52. The van der Waals surface area contributed by atoms with Gasteiger partial charge in [0.25, 0.3) is 5.91 Å². The van der Waals surface area contributed by atoms with E-state index in [1.165, 1.54) is 17.5 Å². The number of carbonyl (C=O) groups excluding carboxylic acids is 1. The molecule has 3 aromatic heterocycles. The molecule has 3 fully saturated rings. The van der Waals surface area contributed by atoms with Gasteiger partial charge in [-0.1, -0.05) is 34.5 Å². The van der Waals surface area contributed by atoms with E-state index in [2.05, 4.69) is 20.5 Å². The molecule has 6 rings (SSSR count). The summed E-state index contributed by atoms with van der Waals surface area (Å²) in [5.41, 5.74) is 1.17. The average molecular weight is 594 g/mol. The quantitative estimate of drug-likeness (QED) is 0.375. The number of nitrogens with zero attached hydrogens (tertiary/aromatic N) is 4. The van der Waals surface area contributed by atoms with Gasteiger partial charge in [-0.15, -0.1) is 11.3 Å².